The first-order chi connectivity index (χ1) is 15.8. The molecule has 0 saturated carbocycles. The number of unbranched alkanes of at least 4 members (excludes halogenated alkanes) is 17. The molecule has 186 valence electrons. The van der Waals surface area contributed by atoms with Crippen molar-refractivity contribution in [3.05, 3.63) is 36.5 Å². The van der Waals surface area contributed by atoms with Gasteiger partial charge in [-0.25, -0.2) is 0 Å². The molecule has 0 saturated heterocycles. The smallest absolute Gasteiger partial charge is 0.303 e. The van der Waals surface area contributed by atoms with Crippen LogP contribution in [0.5, 0.6) is 0 Å². The van der Waals surface area contributed by atoms with Crippen molar-refractivity contribution in [2.24, 2.45) is 0 Å². The van der Waals surface area contributed by atoms with Crippen molar-refractivity contribution in [1.29, 1.82) is 0 Å². The monoisotopic (exact) mass is 446 g/mol. The third-order valence-corrected chi connectivity index (χ3v) is 6.03. The lowest BCUT2D eigenvalue weighted by molar-refractivity contribution is -0.137. The van der Waals surface area contributed by atoms with Gasteiger partial charge in [0.1, 0.15) is 0 Å². The van der Waals surface area contributed by atoms with Crippen LogP contribution >= 0.6 is 0 Å². The average molecular weight is 447 g/mol. The molecule has 0 fully saturated rings. The highest BCUT2D eigenvalue weighted by Gasteiger charge is 1.97. The summed E-state index contributed by atoms with van der Waals surface area (Å²) in [6.45, 7) is 2.26. The third kappa shape index (κ3) is 28.7. The lowest BCUT2D eigenvalue weighted by Crippen LogP contribution is -1.93. The average Bonchev–Trinajstić information content (AvgIpc) is 2.78. The summed E-state index contributed by atoms with van der Waals surface area (Å²) in [4.78, 5) is 10.4. The fraction of sp³-hybridized carbons (Fsp3) is 0.767. The Bertz CT molecular complexity index is 461. The van der Waals surface area contributed by atoms with E-state index in [1.165, 1.54) is 109 Å². The second-order valence-electron chi connectivity index (χ2n) is 9.26. The van der Waals surface area contributed by atoms with Gasteiger partial charge in [-0.15, -0.1) is 0 Å². The molecule has 0 radical (unpaired) electrons. The summed E-state index contributed by atoms with van der Waals surface area (Å²) in [6, 6.07) is 0. The summed E-state index contributed by atoms with van der Waals surface area (Å²) in [5, 5.41) is 8.60. The Hall–Kier alpha value is -1.31. The summed E-state index contributed by atoms with van der Waals surface area (Å²) in [7, 11) is 0. The highest BCUT2D eigenvalue weighted by atomic mass is 16.4. The number of aliphatic carboxylic acids is 1. The van der Waals surface area contributed by atoms with E-state index in [-0.39, 0.29) is 0 Å². The van der Waals surface area contributed by atoms with Gasteiger partial charge < -0.3 is 5.11 Å². The molecule has 0 aliphatic carbocycles. The van der Waals surface area contributed by atoms with Gasteiger partial charge in [0, 0.05) is 6.42 Å². The highest BCUT2D eigenvalue weighted by Crippen LogP contribution is 2.13. The van der Waals surface area contributed by atoms with Gasteiger partial charge in [-0.1, -0.05) is 133 Å². The molecule has 0 aromatic heterocycles. The number of hydrogen-bond acceptors (Lipinski definition) is 1. The number of allylic oxidation sites excluding steroid dienone is 6. The van der Waals surface area contributed by atoms with Gasteiger partial charge in [-0.05, 0) is 44.9 Å². The Balaban J connectivity index is 3.20. The molecule has 2 nitrogen and oxygen atoms in total. The molecular formula is C30H54O2. The molecule has 0 unspecified atom stereocenters. The lowest BCUT2D eigenvalue weighted by Gasteiger charge is -2.03. The van der Waals surface area contributed by atoms with Crippen LogP contribution in [0.15, 0.2) is 36.5 Å². The molecule has 0 rings (SSSR count). The number of carbonyl (C=O) groups is 1. The van der Waals surface area contributed by atoms with Crippen molar-refractivity contribution in [3.63, 3.8) is 0 Å². The molecule has 0 aliphatic heterocycles. The first kappa shape index (κ1) is 30.7. The molecule has 0 atom stereocenters. The zero-order chi connectivity index (χ0) is 23.4. The Morgan fingerprint density at radius 2 is 0.844 bits per heavy atom. The van der Waals surface area contributed by atoms with Crippen molar-refractivity contribution in [3.8, 4) is 0 Å². The quantitative estimate of drug-likeness (QED) is 0.112. The number of carboxylic acids is 1. The SMILES string of the molecule is CCCCCCC=CCC=CCC=CCCCCCCCCCCCCCCCC(=O)O. The van der Waals surface area contributed by atoms with Crippen molar-refractivity contribution >= 4 is 5.97 Å². The van der Waals surface area contributed by atoms with Gasteiger partial charge >= 0.3 is 5.97 Å². The first-order valence-corrected chi connectivity index (χ1v) is 13.9. The lowest BCUT2D eigenvalue weighted by atomic mass is 10.0. The molecule has 32 heavy (non-hydrogen) atoms. The van der Waals surface area contributed by atoms with E-state index >= 15 is 0 Å². The van der Waals surface area contributed by atoms with Gasteiger partial charge in [0.2, 0.25) is 0 Å². The Morgan fingerprint density at radius 1 is 0.500 bits per heavy atom. The van der Waals surface area contributed by atoms with E-state index in [1.54, 1.807) is 0 Å². The van der Waals surface area contributed by atoms with Crippen LogP contribution in [0.2, 0.25) is 0 Å². The zero-order valence-electron chi connectivity index (χ0n) is 21.4. The van der Waals surface area contributed by atoms with Crippen molar-refractivity contribution in [2.45, 2.75) is 148 Å². The molecule has 0 aromatic carbocycles. The molecule has 2 heteroatoms. The third-order valence-electron chi connectivity index (χ3n) is 6.03. The zero-order valence-corrected chi connectivity index (χ0v) is 21.4. The summed E-state index contributed by atoms with van der Waals surface area (Å²) in [6.07, 6.45) is 41.0. The van der Waals surface area contributed by atoms with Crippen LogP contribution in [0, 0.1) is 0 Å². The van der Waals surface area contributed by atoms with Crippen LogP contribution in [0.4, 0.5) is 0 Å². The standard InChI is InChI=1S/C30H54O2/c1-2-3-4-5-6-7-8-9-10-11-12-13-14-15-16-17-18-19-20-21-22-23-24-25-26-27-28-29-30(31)32/h7-8,10-11,13-14H,2-6,9,12,15-29H2,1H3,(H,31,32). The minimum atomic E-state index is -0.656. The molecule has 0 bridgehead atoms. The van der Waals surface area contributed by atoms with Crippen LogP contribution in [-0.4, -0.2) is 11.1 Å². The van der Waals surface area contributed by atoms with Gasteiger partial charge in [0.15, 0.2) is 0 Å². The summed E-state index contributed by atoms with van der Waals surface area (Å²) in [5.41, 5.74) is 0. The topological polar surface area (TPSA) is 37.3 Å². The molecule has 0 heterocycles. The molecule has 0 amide bonds. The van der Waals surface area contributed by atoms with Crippen LogP contribution in [0.1, 0.15) is 148 Å². The Kier molecular flexibility index (Phi) is 26.6. The van der Waals surface area contributed by atoms with Crippen molar-refractivity contribution < 1.29 is 9.90 Å². The predicted molar refractivity (Wildman–Crippen MR) is 142 cm³/mol. The fourth-order valence-corrected chi connectivity index (χ4v) is 3.95. The summed E-state index contributed by atoms with van der Waals surface area (Å²) >= 11 is 0. The number of hydrogen-bond donors (Lipinski definition) is 1. The Morgan fingerprint density at radius 3 is 1.25 bits per heavy atom. The van der Waals surface area contributed by atoms with Gasteiger partial charge in [0.05, 0.1) is 0 Å². The van der Waals surface area contributed by atoms with Crippen molar-refractivity contribution in [2.75, 3.05) is 0 Å². The normalized spacial score (nSPS) is 12.0. The molecule has 0 aromatic rings. The second kappa shape index (κ2) is 27.7. The summed E-state index contributed by atoms with van der Waals surface area (Å²) in [5.74, 6) is -0.656. The van der Waals surface area contributed by atoms with E-state index in [0.29, 0.717) is 6.42 Å². The van der Waals surface area contributed by atoms with E-state index in [4.69, 9.17) is 5.11 Å². The fourth-order valence-electron chi connectivity index (χ4n) is 3.95. The first-order valence-electron chi connectivity index (χ1n) is 13.9. The van der Waals surface area contributed by atoms with E-state index in [9.17, 15) is 4.79 Å². The van der Waals surface area contributed by atoms with Crippen LogP contribution < -0.4 is 0 Å². The van der Waals surface area contributed by atoms with Gasteiger partial charge in [0.25, 0.3) is 0 Å². The van der Waals surface area contributed by atoms with Crippen LogP contribution in [0.3, 0.4) is 0 Å². The Labute approximate surface area is 200 Å². The minimum Gasteiger partial charge on any atom is -0.481 e. The maximum Gasteiger partial charge on any atom is 0.303 e. The van der Waals surface area contributed by atoms with E-state index in [2.05, 4.69) is 43.4 Å². The van der Waals surface area contributed by atoms with E-state index in [0.717, 1.165) is 25.7 Å². The molecule has 0 spiro atoms. The largest absolute Gasteiger partial charge is 0.481 e. The van der Waals surface area contributed by atoms with Crippen LogP contribution in [0.25, 0.3) is 0 Å². The maximum atomic E-state index is 10.4. The second-order valence-corrected chi connectivity index (χ2v) is 9.26. The number of rotatable bonds is 25. The highest BCUT2D eigenvalue weighted by molar-refractivity contribution is 5.66. The maximum absolute atomic E-state index is 10.4. The van der Waals surface area contributed by atoms with Gasteiger partial charge in [-0.2, -0.15) is 0 Å². The number of carboxylic acid groups (broad SMARTS) is 1. The van der Waals surface area contributed by atoms with E-state index in [1.807, 2.05) is 0 Å². The molecular weight excluding hydrogens is 392 g/mol. The predicted octanol–water partition coefficient (Wildman–Crippen LogP) is 10.3. The van der Waals surface area contributed by atoms with Crippen molar-refractivity contribution in [1.82, 2.24) is 0 Å². The van der Waals surface area contributed by atoms with E-state index < -0.39 is 5.97 Å². The van der Waals surface area contributed by atoms with Crippen LogP contribution in [-0.2, 0) is 4.79 Å². The summed E-state index contributed by atoms with van der Waals surface area (Å²) < 4.78 is 0. The minimum absolute atomic E-state index is 0.338. The molecule has 0 aliphatic rings. The molecule has 1 N–H and O–H groups in total. The van der Waals surface area contributed by atoms with Gasteiger partial charge in [-0.3, -0.25) is 4.79 Å².